The third-order valence-electron chi connectivity index (χ3n) is 9.19. The van der Waals surface area contributed by atoms with Gasteiger partial charge in [0.2, 0.25) is 0 Å². The molecule has 162 valence electrons. The van der Waals surface area contributed by atoms with Gasteiger partial charge in [-0.1, -0.05) is 26.0 Å². The van der Waals surface area contributed by atoms with E-state index in [1.807, 2.05) is 0 Å². The molecule has 0 aromatic rings. The normalized spacial score (nSPS) is 43.8. The summed E-state index contributed by atoms with van der Waals surface area (Å²) in [4.78, 5) is 23.0. The minimum atomic E-state index is -0.131. The van der Waals surface area contributed by atoms with E-state index in [0.717, 1.165) is 37.9 Å². The number of esters is 2. The molecule has 4 aliphatic carbocycles. The maximum Gasteiger partial charge on any atom is 0.311 e. The molecule has 1 heterocycles. The topological polar surface area (TPSA) is 52.6 Å². The van der Waals surface area contributed by atoms with Gasteiger partial charge in [0.05, 0.1) is 6.42 Å². The van der Waals surface area contributed by atoms with Crippen molar-refractivity contribution in [3.63, 3.8) is 0 Å². The summed E-state index contributed by atoms with van der Waals surface area (Å²) >= 11 is 0. The van der Waals surface area contributed by atoms with Crippen molar-refractivity contribution in [1.29, 1.82) is 0 Å². The molecule has 5 aliphatic rings. The quantitative estimate of drug-likeness (QED) is 0.553. The van der Waals surface area contributed by atoms with Crippen molar-refractivity contribution in [2.24, 2.45) is 28.6 Å². The first-order valence-corrected chi connectivity index (χ1v) is 11.8. The Labute approximate surface area is 179 Å². The van der Waals surface area contributed by atoms with Crippen LogP contribution in [0.3, 0.4) is 0 Å². The van der Waals surface area contributed by atoms with E-state index >= 15 is 0 Å². The molecule has 0 aromatic carbocycles. The molecule has 30 heavy (non-hydrogen) atoms. The molecule has 1 aliphatic heterocycles. The molecule has 4 heteroatoms. The molecule has 4 nitrogen and oxygen atoms in total. The van der Waals surface area contributed by atoms with E-state index in [2.05, 4.69) is 32.1 Å². The number of carbonyl (C=O) groups is 2. The Hall–Kier alpha value is -1.84. The fourth-order valence-corrected chi connectivity index (χ4v) is 7.59. The minimum Gasteiger partial charge on any atom is -0.462 e. The van der Waals surface area contributed by atoms with Crippen molar-refractivity contribution in [3.05, 3.63) is 35.1 Å². The molecule has 0 unspecified atom stereocenters. The van der Waals surface area contributed by atoms with Crippen LogP contribution >= 0.6 is 0 Å². The van der Waals surface area contributed by atoms with Gasteiger partial charge in [-0.2, -0.15) is 0 Å². The zero-order valence-corrected chi connectivity index (χ0v) is 18.5. The number of fused-ring (bicyclic) bond motifs is 5. The van der Waals surface area contributed by atoms with Crippen LogP contribution in [0.5, 0.6) is 0 Å². The van der Waals surface area contributed by atoms with Crippen LogP contribution in [0.15, 0.2) is 35.1 Å². The van der Waals surface area contributed by atoms with Crippen molar-refractivity contribution in [2.75, 3.05) is 0 Å². The molecule has 0 radical (unpaired) electrons. The van der Waals surface area contributed by atoms with Gasteiger partial charge >= 0.3 is 11.9 Å². The van der Waals surface area contributed by atoms with Crippen LogP contribution < -0.4 is 0 Å². The average Bonchev–Trinajstić information content (AvgIpc) is 3.24. The van der Waals surface area contributed by atoms with Gasteiger partial charge in [0.15, 0.2) is 0 Å². The monoisotopic (exact) mass is 410 g/mol. The lowest BCUT2D eigenvalue weighted by molar-refractivity contribution is -0.156. The smallest absolute Gasteiger partial charge is 0.311 e. The Morgan fingerprint density at radius 1 is 1.13 bits per heavy atom. The van der Waals surface area contributed by atoms with Crippen LogP contribution in [0.4, 0.5) is 0 Å². The molecule has 2 saturated carbocycles. The number of hydrogen-bond donors (Lipinski definition) is 0. The van der Waals surface area contributed by atoms with Crippen LogP contribution in [-0.2, 0) is 19.1 Å². The number of ether oxygens (including phenoxy) is 2. The Balaban J connectivity index is 1.39. The molecule has 6 atom stereocenters. The van der Waals surface area contributed by atoms with E-state index in [4.69, 9.17) is 9.47 Å². The highest BCUT2D eigenvalue weighted by molar-refractivity contribution is 5.73. The average molecular weight is 411 g/mol. The fourth-order valence-electron chi connectivity index (χ4n) is 7.59. The van der Waals surface area contributed by atoms with E-state index in [1.54, 1.807) is 6.92 Å². The van der Waals surface area contributed by atoms with E-state index in [-0.39, 0.29) is 28.9 Å². The summed E-state index contributed by atoms with van der Waals surface area (Å²) in [5, 5.41) is 0. The summed E-state index contributed by atoms with van der Waals surface area (Å²) in [7, 11) is 0. The Kier molecular flexibility index (Phi) is 4.75. The van der Waals surface area contributed by atoms with Crippen molar-refractivity contribution >= 4 is 11.9 Å². The first-order valence-electron chi connectivity index (χ1n) is 11.8. The zero-order chi connectivity index (χ0) is 21.1. The lowest BCUT2D eigenvalue weighted by Crippen LogP contribution is -2.50. The molecule has 0 N–H and O–H groups in total. The molecule has 3 fully saturated rings. The summed E-state index contributed by atoms with van der Waals surface area (Å²) < 4.78 is 11.1. The number of cyclic esters (lactones) is 1. The van der Waals surface area contributed by atoms with Gasteiger partial charge in [-0.15, -0.1) is 0 Å². The van der Waals surface area contributed by atoms with Gasteiger partial charge in [0.1, 0.15) is 11.9 Å². The van der Waals surface area contributed by atoms with E-state index in [9.17, 15) is 9.59 Å². The number of rotatable bonds is 2. The van der Waals surface area contributed by atoms with Crippen molar-refractivity contribution in [3.8, 4) is 0 Å². The summed E-state index contributed by atoms with van der Waals surface area (Å²) in [6.45, 7) is 6.41. The second-order valence-electron chi connectivity index (χ2n) is 10.7. The zero-order valence-electron chi connectivity index (χ0n) is 18.5. The highest BCUT2D eigenvalue weighted by atomic mass is 16.5. The SMILES string of the molecule is CC(=O)O[C@H]1CC[C@H]2[C@@H]3CC=C4C=C(/C=C5\CCC(=O)O5)CC[C@]4(C)[C@H]3CC[C@]12C. The van der Waals surface area contributed by atoms with Crippen LogP contribution in [0.1, 0.15) is 78.6 Å². The number of allylic oxidation sites excluding steroid dienone is 6. The Morgan fingerprint density at radius 3 is 2.70 bits per heavy atom. The lowest BCUT2D eigenvalue weighted by Gasteiger charge is -2.56. The molecule has 0 aromatic heterocycles. The predicted octanol–water partition coefficient (Wildman–Crippen LogP) is 5.64. The van der Waals surface area contributed by atoms with Gasteiger partial charge in [-0.05, 0) is 85.3 Å². The van der Waals surface area contributed by atoms with Crippen LogP contribution in [0.2, 0.25) is 0 Å². The molecule has 0 spiro atoms. The van der Waals surface area contributed by atoms with Gasteiger partial charge in [0.25, 0.3) is 0 Å². The minimum absolute atomic E-state index is 0.0951. The third kappa shape index (κ3) is 3.09. The number of hydrogen-bond acceptors (Lipinski definition) is 4. The van der Waals surface area contributed by atoms with Crippen LogP contribution in [0, 0.1) is 28.6 Å². The van der Waals surface area contributed by atoms with Gasteiger partial charge in [-0.3, -0.25) is 9.59 Å². The van der Waals surface area contributed by atoms with Gasteiger partial charge < -0.3 is 9.47 Å². The summed E-state index contributed by atoms with van der Waals surface area (Å²) in [5.74, 6) is 2.66. The summed E-state index contributed by atoms with van der Waals surface area (Å²) in [6, 6.07) is 0. The van der Waals surface area contributed by atoms with Crippen LogP contribution in [0.25, 0.3) is 0 Å². The first kappa shape index (κ1) is 20.1. The van der Waals surface area contributed by atoms with Crippen molar-refractivity contribution in [2.45, 2.75) is 84.7 Å². The molecule has 0 amide bonds. The predicted molar refractivity (Wildman–Crippen MR) is 114 cm³/mol. The van der Waals surface area contributed by atoms with E-state index in [1.165, 1.54) is 30.4 Å². The number of carbonyl (C=O) groups excluding carboxylic acids is 2. The lowest BCUT2D eigenvalue weighted by atomic mass is 9.48. The largest absolute Gasteiger partial charge is 0.462 e. The van der Waals surface area contributed by atoms with Crippen LogP contribution in [-0.4, -0.2) is 18.0 Å². The maximum absolute atomic E-state index is 11.6. The Bertz CT molecular complexity index is 864. The Morgan fingerprint density at radius 2 is 1.97 bits per heavy atom. The summed E-state index contributed by atoms with van der Waals surface area (Å²) in [5.41, 5.74) is 3.17. The maximum atomic E-state index is 11.6. The second kappa shape index (κ2) is 7.10. The standard InChI is InChI=1S/C26H34O4/c1-16(27)29-23-8-7-21-20-6-4-18-14-17(15-19-5-9-24(28)30-19)10-12-25(18,2)22(20)11-13-26(21,23)3/h4,14-15,20-23H,5-13H2,1-3H3/b19-15+/t20-,21-,22-,23-,25-,26-/m0/s1. The highest BCUT2D eigenvalue weighted by Crippen LogP contribution is 2.65. The van der Waals surface area contributed by atoms with Gasteiger partial charge in [-0.25, -0.2) is 0 Å². The fraction of sp³-hybridized carbons (Fsp3) is 0.692. The third-order valence-corrected chi connectivity index (χ3v) is 9.19. The second-order valence-corrected chi connectivity index (χ2v) is 10.7. The van der Waals surface area contributed by atoms with E-state index in [0.29, 0.717) is 24.2 Å². The molecule has 0 bridgehead atoms. The van der Waals surface area contributed by atoms with Crippen molar-refractivity contribution < 1.29 is 19.1 Å². The molecular weight excluding hydrogens is 376 g/mol. The summed E-state index contributed by atoms with van der Waals surface area (Å²) in [6.07, 6.45) is 16.3. The van der Waals surface area contributed by atoms with Gasteiger partial charge in [0, 0.05) is 18.8 Å². The first-order chi connectivity index (χ1) is 14.3. The van der Waals surface area contributed by atoms with E-state index < -0.39 is 0 Å². The molecule has 5 rings (SSSR count). The highest BCUT2D eigenvalue weighted by Gasteiger charge is 2.59. The molecule has 1 saturated heterocycles. The molecular formula is C26H34O4. The van der Waals surface area contributed by atoms with Crippen molar-refractivity contribution in [1.82, 2.24) is 0 Å².